The van der Waals surface area contributed by atoms with Crippen molar-refractivity contribution in [2.45, 2.75) is 70.7 Å². The zero-order valence-corrected chi connectivity index (χ0v) is 14.8. The lowest BCUT2D eigenvalue weighted by Crippen LogP contribution is -2.56. The predicted octanol–water partition coefficient (Wildman–Crippen LogP) is 3.86. The van der Waals surface area contributed by atoms with Gasteiger partial charge in [-0.3, -0.25) is 0 Å². The van der Waals surface area contributed by atoms with E-state index in [4.69, 9.17) is 4.74 Å². The summed E-state index contributed by atoms with van der Waals surface area (Å²) in [5.74, 6) is 1.63. The number of hydrogen-bond acceptors (Lipinski definition) is 3. The zero-order valence-electron chi connectivity index (χ0n) is 14.8. The minimum absolute atomic E-state index is 0.253. The monoisotopic (exact) mass is 330 g/mol. The van der Waals surface area contributed by atoms with Gasteiger partial charge in [0.25, 0.3) is 0 Å². The van der Waals surface area contributed by atoms with Gasteiger partial charge >= 0.3 is 6.09 Å². The predicted molar refractivity (Wildman–Crippen MR) is 95.7 cm³/mol. The highest BCUT2D eigenvalue weighted by atomic mass is 16.5. The van der Waals surface area contributed by atoms with Crippen LogP contribution in [0.1, 0.15) is 51.5 Å². The molecule has 24 heavy (non-hydrogen) atoms. The highest BCUT2D eigenvalue weighted by Gasteiger charge is 2.34. The van der Waals surface area contributed by atoms with Crippen LogP contribution in [0.2, 0.25) is 0 Å². The summed E-state index contributed by atoms with van der Waals surface area (Å²) < 4.78 is 5.28. The summed E-state index contributed by atoms with van der Waals surface area (Å²) in [5.41, 5.74) is 1.02. The second kappa shape index (κ2) is 8.02. The number of carbonyl (C=O) groups is 1. The molecular formula is C20H30N2O2. The molecule has 3 rings (SSSR count). The third-order valence-corrected chi connectivity index (χ3v) is 5.55. The fourth-order valence-electron chi connectivity index (χ4n) is 4.02. The van der Waals surface area contributed by atoms with Gasteiger partial charge in [0.05, 0.1) is 0 Å². The molecule has 2 aliphatic rings. The van der Waals surface area contributed by atoms with E-state index in [1.54, 1.807) is 0 Å². The van der Waals surface area contributed by atoms with Crippen LogP contribution in [0.4, 0.5) is 4.79 Å². The first-order valence-corrected chi connectivity index (χ1v) is 9.33. The van der Waals surface area contributed by atoms with Gasteiger partial charge in [-0.1, -0.05) is 44.2 Å². The van der Waals surface area contributed by atoms with Crippen LogP contribution < -0.4 is 10.6 Å². The summed E-state index contributed by atoms with van der Waals surface area (Å²) >= 11 is 0. The summed E-state index contributed by atoms with van der Waals surface area (Å²) in [7, 11) is 0. The third kappa shape index (κ3) is 4.73. The van der Waals surface area contributed by atoms with Gasteiger partial charge < -0.3 is 15.4 Å². The van der Waals surface area contributed by atoms with Gasteiger partial charge in [0.2, 0.25) is 0 Å². The smallest absolute Gasteiger partial charge is 0.407 e. The van der Waals surface area contributed by atoms with E-state index in [0.717, 1.165) is 30.2 Å². The van der Waals surface area contributed by atoms with Gasteiger partial charge in [0, 0.05) is 18.1 Å². The highest BCUT2D eigenvalue weighted by Crippen LogP contribution is 2.31. The molecule has 3 atom stereocenters. The van der Waals surface area contributed by atoms with Crippen LogP contribution in [0.3, 0.4) is 0 Å². The number of hydrogen-bond donors (Lipinski definition) is 2. The van der Waals surface area contributed by atoms with Crippen molar-refractivity contribution in [1.29, 1.82) is 0 Å². The highest BCUT2D eigenvalue weighted by molar-refractivity contribution is 5.67. The van der Waals surface area contributed by atoms with E-state index >= 15 is 0 Å². The van der Waals surface area contributed by atoms with Gasteiger partial charge in [0.15, 0.2) is 0 Å². The summed E-state index contributed by atoms with van der Waals surface area (Å²) in [6.07, 6.45) is 5.68. The number of nitrogens with one attached hydrogen (secondary N) is 2. The Bertz CT molecular complexity index is 528. The second-order valence-electron chi connectivity index (χ2n) is 7.74. The Balaban J connectivity index is 1.31. The Morgan fingerprint density at radius 2 is 1.83 bits per heavy atom. The molecule has 2 fully saturated rings. The van der Waals surface area contributed by atoms with E-state index in [-0.39, 0.29) is 12.1 Å². The topological polar surface area (TPSA) is 50.4 Å². The molecule has 0 bridgehead atoms. The van der Waals surface area contributed by atoms with Crippen molar-refractivity contribution in [2.24, 2.45) is 11.8 Å². The summed E-state index contributed by atoms with van der Waals surface area (Å²) in [4.78, 5) is 11.9. The molecule has 4 heteroatoms. The van der Waals surface area contributed by atoms with Crippen LogP contribution in [-0.4, -0.2) is 24.2 Å². The quantitative estimate of drug-likeness (QED) is 0.862. The molecule has 0 heterocycles. The molecule has 1 aromatic carbocycles. The second-order valence-corrected chi connectivity index (χ2v) is 7.74. The SMILES string of the molecule is CC1CCC(NC2CC(NC(=O)OCc3ccccc3)C2)C(C)C1. The Morgan fingerprint density at radius 1 is 1.08 bits per heavy atom. The summed E-state index contributed by atoms with van der Waals surface area (Å²) in [5, 5.41) is 6.77. The lowest BCUT2D eigenvalue weighted by atomic mass is 9.78. The third-order valence-electron chi connectivity index (χ3n) is 5.55. The minimum Gasteiger partial charge on any atom is -0.445 e. The first-order chi connectivity index (χ1) is 11.6. The molecular weight excluding hydrogens is 300 g/mol. The summed E-state index contributed by atoms with van der Waals surface area (Å²) in [6.45, 7) is 5.05. The average Bonchev–Trinajstić information content (AvgIpc) is 2.54. The van der Waals surface area contributed by atoms with E-state index in [1.807, 2.05) is 30.3 Å². The van der Waals surface area contributed by atoms with Crippen molar-refractivity contribution in [3.63, 3.8) is 0 Å². The van der Waals surface area contributed by atoms with E-state index in [1.165, 1.54) is 19.3 Å². The fourth-order valence-corrected chi connectivity index (χ4v) is 4.02. The van der Waals surface area contributed by atoms with Crippen LogP contribution in [0.15, 0.2) is 30.3 Å². The van der Waals surface area contributed by atoms with Crippen LogP contribution in [0, 0.1) is 11.8 Å². The lowest BCUT2D eigenvalue weighted by Gasteiger charge is -2.42. The van der Waals surface area contributed by atoms with Crippen LogP contribution in [0.5, 0.6) is 0 Å². The molecule has 0 radical (unpaired) electrons. The maximum absolute atomic E-state index is 11.9. The largest absolute Gasteiger partial charge is 0.445 e. The number of benzene rings is 1. The van der Waals surface area contributed by atoms with E-state index in [0.29, 0.717) is 18.7 Å². The van der Waals surface area contributed by atoms with E-state index < -0.39 is 0 Å². The Hall–Kier alpha value is -1.55. The van der Waals surface area contributed by atoms with Crippen molar-refractivity contribution >= 4 is 6.09 Å². The van der Waals surface area contributed by atoms with E-state index in [2.05, 4.69) is 24.5 Å². The Morgan fingerprint density at radius 3 is 2.54 bits per heavy atom. The first kappa shape index (κ1) is 17.3. The molecule has 3 unspecified atom stereocenters. The number of alkyl carbamates (subject to hydrolysis) is 1. The molecule has 1 aromatic rings. The van der Waals surface area contributed by atoms with Crippen molar-refractivity contribution in [3.8, 4) is 0 Å². The van der Waals surface area contributed by atoms with Crippen molar-refractivity contribution < 1.29 is 9.53 Å². The normalized spacial score (nSPS) is 32.7. The van der Waals surface area contributed by atoms with Gasteiger partial charge in [0.1, 0.15) is 6.61 Å². The standard InChI is InChI=1S/C20H30N2O2/c1-14-8-9-19(15(2)10-14)21-17-11-18(12-17)22-20(23)24-13-16-6-4-3-5-7-16/h3-7,14-15,17-19,21H,8-13H2,1-2H3,(H,22,23). The van der Waals surface area contributed by atoms with Gasteiger partial charge in [-0.15, -0.1) is 0 Å². The number of ether oxygens (including phenoxy) is 1. The number of rotatable bonds is 5. The molecule has 2 saturated carbocycles. The molecule has 2 aliphatic carbocycles. The number of amides is 1. The van der Waals surface area contributed by atoms with Gasteiger partial charge in [-0.25, -0.2) is 4.79 Å². The van der Waals surface area contributed by atoms with Crippen LogP contribution >= 0.6 is 0 Å². The Kier molecular flexibility index (Phi) is 5.77. The van der Waals surface area contributed by atoms with Crippen LogP contribution in [-0.2, 0) is 11.3 Å². The molecule has 0 aromatic heterocycles. The van der Waals surface area contributed by atoms with Crippen LogP contribution in [0.25, 0.3) is 0 Å². The van der Waals surface area contributed by atoms with Gasteiger partial charge in [-0.05, 0) is 49.5 Å². The maximum Gasteiger partial charge on any atom is 0.407 e. The van der Waals surface area contributed by atoms with Crippen molar-refractivity contribution in [2.75, 3.05) is 0 Å². The maximum atomic E-state index is 11.9. The molecule has 4 nitrogen and oxygen atoms in total. The summed E-state index contributed by atoms with van der Waals surface area (Å²) in [6, 6.07) is 11.2. The number of carbonyl (C=O) groups excluding carboxylic acids is 1. The van der Waals surface area contributed by atoms with Crippen molar-refractivity contribution in [1.82, 2.24) is 10.6 Å². The molecule has 132 valence electrons. The fraction of sp³-hybridized carbons (Fsp3) is 0.650. The molecule has 2 N–H and O–H groups in total. The van der Waals surface area contributed by atoms with Crippen molar-refractivity contribution in [3.05, 3.63) is 35.9 Å². The first-order valence-electron chi connectivity index (χ1n) is 9.33. The average molecular weight is 330 g/mol. The molecule has 0 saturated heterocycles. The zero-order chi connectivity index (χ0) is 16.9. The van der Waals surface area contributed by atoms with E-state index in [9.17, 15) is 4.79 Å². The molecule has 0 aliphatic heterocycles. The Labute approximate surface area is 145 Å². The van der Waals surface area contributed by atoms with Gasteiger partial charge in [-0.2, -0.15) is 0 Å². The lowest BCUT2D eigenvalue weighted by molar-refractivity contribution is 0.119. The molecule has 1 amide bonds. The minimum atomic E-state index is -0.304. The molecule has 0 spiro atoms.